The fourth-order valence-corrected chi connectivity index (χ4v) is 2.22. The minimum atomic E-state index is -0.737. The molecule has 0 atom stereocenters. The minimum Gasteiger partial charge on any atom is -0.496 e. The van der Waals surface area contributed by atoms with Gasteiger partial charge in [-0.2, -0.15) is 0 Å². The molecule has 0 aliphatic carbocycles. The number of methoxy groups -OCH3 is 1. The second kappa shape index (κ2) is 9.38. The van der Waals surface area contributed by atoms with Crippen LogP contribution in [0.2, 0.25) is 0 Å². The second-order valence-electron chi connectivity index (χ2n) is 5.84. The van der Waals surface area contributed by atoms with Crippen molar-refractivity contribution in [1.29, 1.82) is 0 Å². The average molecular weight is 371 g/mol. The van der Waals surface area contributed by atoms with Crippen LogP contribution in [-0.4, -0.2) is 37.6 Å². The first-order valence-corrected chi connectivity index (χ1v) is 8.31. The van der Waals surface area contributed by atoms with Crippen molar-refractivity contribution >= 4 is 17.8 Å². The summed E-state index contributed by atoms with van der Waals surface area (Å²) in [6.07, 6.45) is 0.0206. The van der Waals surface area contributed by atoms with Gasteiger partial charge in [-0.15, -0.1) is 0 Å². The number of amides is 2. The zero-order valence-corrected chi connectivity index (χ0v) is 15.4. The molecule has 0 heterocycles. The van der Waals surface area contributed by atoms with E-state index in [4.69, 9.17) is 14.2 Å². The Bertz CT molecular complexity index is 813. The molecule has 2 rings (SSSR count). The van der Waals surface area contributed by atoms with Crippen molar-refractivity contribution in [2.45, 2.75) is 20.0 Å². The van der Waals surface area contributed by atoms with E-state index in [2.05, 4.69) is 5.32 Å². The molecule has 0 aliphatic rings. The van der Waals surface area contributed by atoms with Crippen LogP contribution >= 0.6 is 0 Å². The van der Waals surface area contributed by atoms with E-state index in [1.807, 2.05) is 13.8 Å². The largest absolute Gasteiger partial charge is 0.496 e. The van der Waals surface area contributed by atoms with Crippen LogP contribution < -0.4 is 14.8 Å². The Morgan fingerprint density at radius 3 is 2.30 bits per heavy atom. The maximum atomic E-state index is 12.1. The second-order valence-corrected chi connectivity index (χ2v) is 5.84. The topological polar surface area (TPSA) is 90.9 Å². The number of imide groups is 1. The van der Waals surface area contributed by atoms with Crippen LogP contribution in [0.3, 0.4) is 0 Å². The van der Waals surface area contributed by atoms with Crippen LogP contribution in [0.5, 0.6) is 11.5 Å². The van der Waals surface area contributed by atoms with Gasteiger partial charge in [0.2, 0.25) is 0 Å². The molecular formula is C20H21NO6. The third-order valence-corrected chi connectivity index (χ3v) is 3.40. The quantitative estimate of drug-likeness (QED) is 0.753. The molecule has 0 radical (unpaired) electrons. The SMILES string of the molecule is COc1ccccc1C(=O)NC(=O)COC(=O)c1ccc(OC(C)C)cc1. The number of rotatable bonds is 7. The van der Waals surface area contributed by atoms with Gasteiger partial charge in [-0.3, -0.25) is 14.9 Å². The summed E-state index contributed by atoms with van der Waals surface area (Å²) >= 11 is 0. The number of nitrogens with one attached hydrogen (secondary N) is 1. The highest BCUT2D eigenvalue weighted by molar-refractivity contribution is 6.07. The van der Waals surface area contributed by atoms with Gasteiger partial charge in [-0.25, -0.2) is 4.79 Å². The highest BCUT2D eigenvalue weighted by atomic mass is 16.5. The Morgan fingerprint density at radius 2 is 1.67 bits per heavy atom. The normalized spacial score (nSPS) is 10.2. The number of hydrogen-bond acceptors (Lipinski definition) is 6. The molecule has 0 bridgehead atoms. The maximum Gasteiger partial charge on any atom is 0.338 e. The predicted molar refractivity (Wildman–Crippen MR) is 98.0 cm³/mol. The summed E-state index contributed by atoms with van der Waals surface area (Å²) in [5.74, 6) is -1.08. The van der Waals surface area contributed by atoms with Crippen molar-refractivity contribution < 1.29 is 28.6 Å². The van der Waals surface area contributed by atoms with Crippen LogP contribution in [0.4, 0.5) is 0 Å². The summed E-state index contributed by atoms with van der Waals surface area (Å²) in [7, 11) is 1.42. The van der Waals surface area contributed by atoms with Gasteiger partial charge in [0.15, 0.2) is 6.61 Å². The van der Waals surface area contributed by atoms with E-state index >= 15 is 0 Å². The van der Waals surface area contributed by atoms with E-state index in [-0.39, 0.29) is 17.2 Å². The number of carbonyl (C=O) groups is 3. The highest BCUT2D eigenvalue weighted by Gasteiger charge is 2.16. The minimum absolute atomic E-state index is 0.0206. The van der Waals surface area contributed by atoms with Crippen LogP contribution in [0.1, 0.15) is 34.6 Å². The Labute approximate surface area is 157 Å². The molecule has 7 heteroatoms. The number of benzene rings is 2. The first-order valence-electron chi connectivity index (χ1n) is 8.31. The van der Waals surface area contributed by atoms with Crippen molar-refractivity contribution in [2.75, 3.05) is 13.7 Å². The summed E-state index contributed by atoms with van der Waals surface area (Å²) < 4.78 is 15.5. The van der Waals surface area contributed by atoms with Gasteiger partial charge < -0.3 is 14.2 Å². The van der Waals surface area contributed by atoms with Gasteiger partial charge >= 0.3 is 5.97 Å². The van der Waals surface area contributed by atoms with Crippen molar-refractivity contribution in [2.24, 2.45) is 0 Å². The van der Waals surface area contributed by atoms with Crippen molar-refractivity contribution in [1.82, 2.24) is 5.32 Å². The van der Waals surface area contributed by atoms with Gasteiger partial charge in [0.1, 0.15) is 11.5 Å². The molecule has 0 saturated heterocycles. The fraction of sp³-hybridized carbons (Fsp3) is 0.250. The van der Waals surface area contributed by atoms with Gasteiger partial charge in [0.25, 0.3) is 11.8 Å². The van der Waals surface area contributed by atoms with E-state index in [9.17, 15) is 14.4 Å². The molecule has 27 heavy (non-hydrogen) atoms. The Morgan fingerprint density at radius 1 is 1.00 bits per heavy atom. The lowest BCUT2D eigenvalue weighted by Gasteiger charge is -2.10. The predicted octanol–water partition coefficient (Wildman–Crippen LogP) is 2.60. The molecule has 0 saturated carbocycles. The zero-order chi connectivity index (χ0) is 19.8. The number of ether oxygens (including phenoxy) is 3. The lowest BCUT2D eigenvalue weighted by molar-refractivity contribution is -0.123. The van der Waals surface area contributed by atoms with Crippen LogP contribution in [0.25, 0.3) is 0 Å². The monoisotopic (exact) mass is 371 g/mol. The Hall–Kier alpha value is -3.35. The Kier molecular flexibility index (Phi) is 6.93. The average Bonchev–Trinajstić information content (AvgIpc) is 2.66. The number of carbonyl (C=O) groups excluding carboxylic acids is 3. The van der Waals surface area contributed by atoms with Crippen LogP contribution in [-0.2, 0) is 9.53 Å². The molecule has 2 amide bonds. The smallest absolute Gasteiger partial charge is 0.338 e. The maximum absolute atomic E-state index is 12.1. The van der Waals surface area contributed by atoms with Crippen molar-refractivity contribution in [3.63, 3.8) is 0 Å². The molecular weight excluding hydrogens is 350 g/mol. The number of esters is 1. The van der Waals surface area contributed by atoms with E-state index in [1.54, 1.807) is 30.3 Å². The lowest BCUT2D eigenvalue weighted by Crippen LogP contribution is -2.34. The van der Waals surface area contributed by atoms with E-state index < -0.39 is 24.4 Å². The number of hydrogen-bond donors (Lipinski definition) is 1. The molecule has 1 N–H and O–H groups in total. The molecule has 0 fully saturated rings. The first kappa shape index (κ1) is 20.0. The van der Waals surface area contributed by atoms with Crippen molar-refractivity contribution in [3.05, 3.63) is 59.7 Å². The molecule has 0 spiro atoms. The standard InChI is InChI=1S/C20H21NO6/c1-13(2)27-15-10-8-14(9-11-15)20(24)26-12-18(22)21-19(23)16-6-4-5-7-17(16)25-3/h4-11,13H,12H2,1-3H3,(H,21,22,23). The van der Waals surface area contributed by atoms with Gasteiger partial charge in [-0.1, -0.05) is 12.1 Å². The summed E-state index contributed by atoms with van der Waals surface area (Å²) in [6.45, 7) is 3.21. The third kappa shape index (κ3) is 5.85. The highest BCUT2D eigenvalue weighted by Crippen LogP contribution is 2.17. The fourth-order valence-electron chi connectivity index (χ4n) is 2.22. The first-order chi connectivity index (χ1) is 12.9. The molecule has 0 unspecified atom stereocenters. The molecule has 7 nitrogen and oxygen atoms in total. The third-order valence-electron chi connectivity index (χ3n) is 3.40. The lowest BCUT2D eigenvalue weighted by atomic mass is 10.2. The molecule has 2 aromatic rings. The number of para-hydroxylation sites is 1. The van der Waals surface area contributed by atoms with Gasteiger partial charge in [0.05, 0.1) is 24.3 Å². The summed E-state index contributed by atoms with van der Waals surface area (Å²) in [6, 6.07) is 12.8. The molecule has 142 valence electrons. The van der Waals surface area contributed by atoms with E-state index in [0.717, 1.165) is 0 Å². The van der Waals surface area contributed by atoms with Crippen LogP contribution in [0.15, 0.2) is 48.5 Å². The van der Waals surface area contributed by atoms with E-state index in [0.29, 0.717) is 11.5 Å². The van der Waals surface area contributed by atoms with Crippen molar-refractivity contribution in [3.8, 4) is 11.5 Å². The Balaban J connectivity index is 1.87. The summed E-state index contributed by atoms with van der Waals surface area (Å²) in [5.41, 5.74) is 0.482. The zero-order valence-electron chi connectivity index (χ0n) is 15.4. The molecule has 0 aliphatic heterocycles. The summed E-state index contributed by atoms with van der Waals surface area (Å²) in [4.78, 5) is 36.0. The van der Waals surface area contributed by atoms with Crippen LogP contribution in [0, 0.1) is 0 Å². The van der Waals surface area contributed by atoms with Gasteiger partial charge in [-0.05, 0) is 50.2 Å². The molecule has 2 aromatic carbocycles. The van der Waals surface area contributed by atoms with E-state index in [1.165, 1.54) is 25.3 Å². The summed E-state index contributed by atoms with van der Waals surface area (Å²) in [5, 5.41) is 2.15. The molecule has 0 aromatic heterocycles. The van der Waals surface area contributed by atoms with Gasteiger partial charge in [0, 0.05) is 0 Å².